The molecule has 0 spiro atoms. The first-order valence-corrected chi connectivity index (χ1v) is 6.92. The fourth-order valence-corrected chi connectivity index (χ4v) is 2.64. The molecule has 0 bridgehead atoms. The first kappa shape index (κ1) is 13.9. The van der Waals surface area contributed by atoms with Crippen LogP contribution in [0.25, 0.3) is 0 Å². The van der Waals surface area contributed by atoms with Gasteiger partial charge in [0.25, 0.3) is 0 Å². The zero-order valence-corrected chi connectivity index (χ0v) is 12.5. The maximum Gasteiger partial charge on any atom is 0.226 e. The summed E-state index contributed by atoms with van der Waals surface area (Å²) in [6, 6.07) is 0.154. The number of carbonyl (C=O) groups is 1. The monoisotopic (exact) mass is 264 g/mol. The van der Waals surface area contributed by atoms with E-state index in [1.807, 2.05) is 18.7 Å². The van der Waals surface area contributed by atoms with Crippen LogP contribution in [0.2, 0.25) is 0 Å². The molecule has 1 amide bonds. The minimum Gasteiger partial charge on any atom is -0.365 e. The fraction of sp³-hybridized carbons (Fsp3) is 0.714. The van der Waals surface area contributed by atoms with Crippen LogP contribution in [0.3, 0.4) is 0 Å². The number of hydrogen-bond donors (Lipinski definition) is 2. The Morgan fingerprint density at radius 3 is 2.68 bits per heavy atom. The number of nitrogens with zero attached hydrogens (tertiary/aromatic N) is 2. The van der Waals surface area contributed by atoms with Crippen molar-refractivity contribution < 1.29 is 4.79 Å². The first-order valence-electron chi connectivity index (χ1n) is 6.92. The minimum atomic E-state index is 0.0724. The number of hydrogen-bond acceptors (Lipinski definition) is 3. The zero-order chi connectivity index (χ0) is 14.2. The standard InChI is InChI=1S/C14H24N4O/c1-6-10-12-13(18(5)17-10)15-9(7-11(19)16-12)8-14(2,3)4/h9,15H,6-8H2,1-5H3,(H,16,19). The number of aryl methyl sites for hydroxylation is 2. The van der Waals surface area contributed by atoms with Crippen LogP contribution in [-0.4, -0.2) is 21.7 Å². The molecule has 1 aliphatic heterocycles. The summed E-state index contributed by atoms with van der Waals surface area (Å²) in [4.78, 5) is 12.0. The molecule has 19 heavy (non-hydrogen) atoms. The summed E-state index contributed by atoms with van der Waals surface area (Å²) in [5.41, 5.74) is 1.98. The van der Waals surface area contributed by atoms with Crippen LogP contribution < -0.4 is 10.6 Å². The molecule has 2 N–H and O–H groups in total. The molecule has 0 radical (unpaired) electrons. The molecule has 2 rings (SSSR count). The Labute approximate surface area is 114 Å². The highest BCUT2D eigenvalue weighted by Crippen LogP contribution is 2.32. The summed E-state index contributed by atoms with van der Waals surface area (Å²) < 4.78 is 1.83. The van der Waals surface area contributed by atoms with Crippen LogP contribution >= 0.6 is 0 Å². The third-order valence-corrected chi connectivity index (χ3v) is 3.35. The molecular formula is C14H24N4O. The van der Waals surface area contributed by atoms with E-state index in [-0.39, 0.29) is 17.4 Å². The summed E-state index contributed by atoms with van der Waals surface area (Å²) in [6.07, 6.45) is 2.27. The minimum absolute atomic E-state index is 0.0724. The maximum absolute atomic E-state index is 12.0. The van der Waals surface area contributed by atoms with Gasteiger partial charge >= 0.3 is 0 Å². The highest BCUT2D eigenvalue weighted by molar-refractivity contribution is 5.96. The van der Waals surface area contributed by atoms with E-state index in [2.05, 4.69) is 36.5 Å². The third-order valence-electron chi connectivity index (χ3n) is 3.35. The van der Waals surface area contributed by atoms with Crippen LogP contribution in [0.1, 0.15) is 46.2 Å². The highest BCUT2D eigenvalue weighted by Gasteiger charge is 2.28. The van der Waals surface area contributed by atoms with Crippen molar-refractivity contribution in [2.75, 3.05) is 10.6 Å². The predicted molar refractivity (Wildman–Crippen MR) is 77.3 cm³/mol. The van der Waals surface area contributed by atoms with E-state index in [9.17, 15) is 4.79 Å². The van der Waals surface area contributed by atoms with Crippen molar-refractivity contribution in [2.24, 2.45) is 12.5 Å². The van der Waals surface area contributed by atoms with Crippen LogP contribution in [0.5, 0.6) is 0 Å². The van der Waals surface area contributed by atoms with Gasteiger partial charge in [-0.2, -0.15) is 5.10 Å². The van der Waals surface area contributed by atoms with Gasteiger partial charge in [0.15, 0.2) is 0 Å². The second kappa shape index (κ2) is 4.87. The third kappa shape index (κ3) is 3.08. The van der Waals surface area contributed by atoms with Crippen LogP contribution in [0.4, 0.5) is 11.5 Å². The lowest BCUT2D eigenvalue weighted by Gasteiger charge is -2.25. The van der Waals surface area contributed by atoms with Crippen molar-refractivity contribution in [1.29, 1.82) is 0 Å². The number of rotatable bonds is 2. The number of carbonyl (C=O) groups excluding carboxylic acids is 1. The second-order valence-electron chi connectivity index (χ2n) is 6.51. The Kier molecular flexibility index (Phi) is 3.56. The lowest BCUT2D eigenvalue weighted by Crippen LogP contribution is -2.28. The summed E-state index contributed by atoms with van der Waals surface area (Å²) in [5.74, 6) is 1.00. The van der Waals surface area contributed by atoms with Crippen LogP contribution in [0.15, 0.2) is 0 Å². The van der Waals surface area contributed by atoms with Gasteiger partial charge in [-0.3, -0.25) is 9.48 Å². The fourth-order valence-electron chi connectivity index (χ4n) is 2.64. The SMILES string of the molecule is CCc1nn(C)c2c1NC(=O)CC(CC(C)(C)C)N2. The van der Waals surface area contributed by atoms with Crippen molar-refractivity contribution in [1.82, 2.24) is 9.78 Å². The van der Waals surface area contributed by atoms with E-state index in [4.69, 9.17) is 0 Å². The van der Waals surface area contributed by atoms with Gasteiger partial charge in [-0.15, -0.1) is 0 Å². The van der Waals surface area contributed by atoms with Gasteiger partial charge in [0.05, 0.1) is 5.69 Å². The summed E-state index contributed by atoms with van der Waals surface area (Å²) in [5, 5.41) is 10.9. The number of anilines is 2. The van der Waals surface area contributed by atoms with Crippen LogP contribution in [-0.2, 0) is 18.3 Å². The van der Waals surface area contributed by atoms with E-state index in [0.717, 1.165) is 30.0 Å². The lowest BCUT2D eigenvalue weighted by molar-refractivity contribution is -0.116. The molecule has 0 saturated heterocycles. The smallest absolute Gasteiger partial charge is 0.226 e. The van der Waals surface area contributed by atoms with Gasteiger partial charge in [-0.1, -0.05) is 27.7 Å². The van der Waals surface area contributed by atoms with E-state index >= 15 is 0 Å². The Hall–Kier alpha value is -1.52. The Bertz CT molecular complexity index is 484. The molecule has 5 heteroatoms. The molecule has 1 aliphatic rings. The average Bonchev–Trinajstić information content (AvgIpc) is 2.45. The first-order chi connectivity index (χ1) is 8.80. The van der Waals surface area contributed by atoms with Gasteiger partial charge in [-0.05, 0) is 18.3 Å². The topological polar surface area (TPSA) is 59.0 Å². The molecule has 1 aromatic heterocycles. The molecule has 0 aromatic carbocycles. The number of fused-ring (bicyclic) bond motifs is 1. The molecule has 1 aromatic rings. The van der Waals surface area contributed by atoms with Gasteiger partial charge < -0.3 is 10.6 Å². The van der Waals surface area contributed by atoms with Crippen molar-refractivity contribution in [2.45, 2.75) is 53.0 Å². The molecule has 1 unspecified atom stereocenters. The number of aromatic nitrogens is 2. The van der Waals surface area contributed by atoms with Crippen molar-refractivity contribution >= 4 is 17.4 Å². The zero-order valence-electron chi connectivity index (χ0n) is 12.5. The summed E-state index contributed by atoms with van der Waals surface area (Å²) >= 11 is 0. The molecule has 106 valence electrons. The van der Waals surface area contributed by atoms with E-state index in [0.29, 0.717) is 6.42 Å². The quantitative estimate of drug-likeness (QED) is 0.863. The molecule has 0 aliphatic carbocycles. The summed E-state index contributed by atoms with van der Waals surface area (Å²) in [6.45, 7) is 8.63. The van der Waals surface area contributed by atoms with Crippen LogP contribution in [0, 0.1) is 5.41 Å². The largest absolute Gasteiger partial charge is 0.365 e. The second-order valence-corrected chi connectivity index (χ2v) is 6.51. The Morgan fingerprint density at radius 2 is 2.11 bits per heavy atom. The molecular weight excluding hydrogens is 240 g/mol. The van der Waals surface area contributed by atoms with Crippen molar-refractivity contribution in [3.05, 3.63) is 5.69 Å². The van der Waals surface area contributed by atoms with Crippen molar-refractivity contribution in [3.8, 4) is 0 Å². The lowest BCUT2D eigenvalue weighted by atomic mass is 9.87. The van der Waals surface area contributed by atoms with E-state index < -0.39 is 0 Å². The highest BCUT2D eigenvalue weighted by atomic mass is 16.1. The van der Waals surface area contributed by atoms with Gasteiger partial charge in [0.2, 0.25) is 5.91 Å². The molecule has 0 fully saturated rings. The number of amides is 1. The predicted octanol–water partition coefficient (Wildman–Crippen LogP) is 2.54. The van der Waals surface area contributed by atoms with E-state index in [1.165, 1.54) is 0 Å². The Balaban J connectivity index is 2.31. The number of nitrogens with one attached hydrogen (secondary N) is 2. The Morgan fingerprint density at radius 1 is 1.42 bits per heavy atom. The summed E-state index contributed by atoms with van der Waals surface area (Å²) in [7, 11) is 1.91. The van der Waals surface area contributed by atoms with Gasteiger partial charge in [0.1, 0.15) is 11.5 Å². The maximum atomic E-state index is 12.0. The van der Waals surface area contributed by atoms with Crippen molar-refractivity contribution in [3.63, 3.8) is 0 Å². The normalized spacial score (nSPS) is 19.4. The average molecular weight is 264 g/mol. The molecule has 1 atom stereocenters. The van der Waals surface area contributed by atoms with Gasteiger partial charge in [0, 0.05) is 19.5 Å². The van der Waals surface area contributed by atoms with E-state index in [1.54, 1.807) is 0 Å². The molecule has 5 nitrogen and oxygen atoms in total. The molecule has 2 heterocycles. The molecule has 0 saturated carbocycles. The van der Waals surface area contributed by atoms with Gasteiger partial charge in [-0.25, -0.2) is 0 Å².